The number of carbonyl (C=O) groups excluding carboxylic acids is 2. The van der Waals surface area contributed by atoms with E-state index in [2.05, 4.69) is 0 Å². The van der Waals surface area contributed by atoms with Gasteiger partial charge in [0, 0.05) is 20.0 Å². The van der Waals surface area contributed by atoms with Crippen molar-refractivity contribution < 1.29 is 23.8 Å². The molecule has 3 aromatic carbocycles. The van der Waals surface area contributed by atoms with Gasteiger partial charge in [0.15, 0.2) is 17.3 Å². The van der Waals surface area contributed by atoms with Crippen molar-refractivity contribution in [1.82, 2.24) is 4.90 Å². The second kappa shape index (κ2) is 11.6. The molecule has 3 rings (SSSR count). The molecule has 166 valence electrons. The van der Waals surface area contributed by atoms with Crippen LogP contribution in [-0.4, -0.2) is 37.5 Å². The molecule has 32 heavy (non-hydrogen) atoms. The molecule has 0 aliphatic heterocycles. The Morgan fingerprint density at radius 2 is 1.44 bits per heavy atom. The fourth-order valence-corrected chi connectivity index (χ4v) is 3.10. The molecular formula is C26H27NO5. The standard InChI is InChI=1S/C26H27NO5/c1-27(26(29)32-19-21-12-7-4-8-13-21)17-16-23(28)22-14-9-15-24(30-2)25(22)31-18-20-10-5-3-6-11-20/h3-15H,16-19H2,1-2H3. The average molecular weight is 434 g/mol. The first-order valence-corrected chi connectivity index (χ1v) is 10.4. The van der Waals surface area contributed by atoms with Crippen LogP contribution in [-0.2, 0) is 18.0 Å². The number of methoxy groups -OCH3 is 1. The molecule has 0 aliphatic rings. The van der Waals surface area contributed by atoms with E-state index in [1.807, 2.05) is 60.7 Å². The summed E-state index contributed by atoms with van der Waals surface area (Å²) < 4.78 is 16.7. The first-order chi connectivity index (χ1) is 15.6. The van der Waals surface area contributed by atoms with Crippen molar-refractivity contribution in [2.75, 3.05) is 20.7 Å². The third-order valence-corrected chi connectivity index (χ3v) is 4.92. The van der Waals surface area contributed by atoms with E-state index in [-0.39, 0.29) is 25.4 Å². The number of hydrogen-bond acceptors (Lipinski definition) is 5. The monoisotopic (exact) mass is 433 g/mol. The molecule has 0 aromatic heterocycles. The van der Waals surface area contributed by atoms with Gasteiger partial charge in [-0.15, -0.1) is 0 Å². The number of nitrogens with zero attached hydrogens (tertiary/aromatic N) is 1. The van der Waals surface area contributed by atoms with Crippen LogP contribution in [0.2, 0.25) is 0 Å². The fraction of sp³-hybridized carbons (Fsp3) is 0.231. The van der Waals surface area contributed by atoms with Gasteiger partial charge in [-0.1, -0.05) is 66.7 Å². The van der Waals surface area contributed by atoms with E-state index >= 15 is 0 Å². The van der Waals surface area contributed by atoms with Crippen molar-refractivity contribution in [3.8, 4) is 11.5 Å². The van der Waals surface area contributed by atoms with Crippen LogP contribution < -0.4 is 9.47 Å². The summed E-state index contributed by atoms with van der Waals surface area (Å²) in [5, 5.41) is 0. The number of carbonyl (C=O) groups is 2. The van der Waals surface area contributed by atoms with Gasteiger partial charge in [-0.25, -0.2) is 4.79 Å². The van der Waals surface area contributed by atoms with Crippen LogP contribution in [0.4, 0.5) is 4.79 Å². The normalized spacial score (nSPS) is 10.3. The molecule has 0 fully saturated rings. The van der Waals surface area contributed by atoms with Gasteiger partial charge in [0.1, 0.15) is 13.2 Å². The van der Waals surface area contributed by atoms with Crippen molar-refractivity contribution >= 4 is 11.9 Å². The number of ether oxygens (including phenoxy) is 3. The summed E-state index contributed by atoms with van der Waals surface area (Å²) in [6, 6.07) is 24.4. The molecule has 6 heteroatoms. The van der Waals surface area contributed by atoms with Gasteiger partial charge in [-0.3, -0.25) is 4.79 Å². The minimum Gasteiger partial charge on any atom is -0.493 e. The van der Waals surface area contributed by atoms with E-state index in [9.17, 15) is 9.59 Å². The van der Waals surface area contributed by atoms with Crippen molar-refractivity contribution in [2.24, 2.45) is 0 Å². The smallest absolute Gasteiger partial charge is 0.409 e. The molecule has 0 radical (unpaired) electrons. The summed E-state index contributed by atoms with van der Waals surface area (Å²) in [6.07, 6.45) is -0.348. The number of benzene rings is 3. The predicted molar refractivity (Wildman–Crippen MR) is 122 cm³/mol. The molecule has 0 bridgehead atoms. The van der Waals surface area contributed by atoms with E-state index in [1.165, 1.54) is 12.0 Å². The average Bonchev–Trinajstić information content (AvgIpc) is 2.85. The first-order valence-electron chi connectivity index (χ1n) is 10.4. The maximum Gasteiger partial charge on any atom is 0.409 e. The van der Waals surface area contributed by atoms with Crippen LogP contribution in [0.1, 0.15) is 27.9 Å². The largest absolute Gasteiger partial charge is 0.493 e. The SMILES string of the molecule is COc1cccc(C(=O)CCN(C)C(=O)OCc2ccccc2)c1OCc1ccccc1. The minimum absolute atomic E-state index is 0.131. The van der Waals surface area contributed by atoms with Crippen molar-refractivity contribution in [3.05, 3.63) is 95.6 Å². The van der Waals surface area contributed by atoms with Gasteiger partial charge in [0.25, 0.3) is 0 Å². The van der Waals surface area contributed by atoms with E-state index in [1.54, 1.807) is 25.2 Å². The maximum atomic E-state index is 12.9. The van der Waals surface area contributed by atoms with Crippen molar-refractivity contribution in [1.29, 1.82) is 0 Å². The number of amides is 1. The Labute approximate surface area is 188 Å². The zero-order chi connectivity index (χ0) is 22.8. The lowest BCUT2D eigenvalue weighted by atomic mass is 10.1. The van der Waals surface area contributed by atoms with E-state index in [0.717, 1.165) is 11.1 Å². The third-order valence-electron chi connectivity index (χ3n) is 4.92. The Bertz CT molecular complexity index is 1020. The van der Waals surface area contributed by atoms with Crippen LogP contribution in [0.15, 0.2) is 78.9 Å². The second-order valence-corrected chi connectivity index (χ2v) is 7.25. The summed E-state index contributed by atoms with van der Waals surface area (Å²) >= 11 is 0. The number of Topliss-reactive ketones (excluding diaryl/α,β-unsaturated/α-hetero) is 1. The van der Waals surface area contributed by atoms with Crippen LogP contribution in [0, 0.1) is 0 Å². The van der Waals surface area contributed by atoms with E-state index < -0.39 is 6.09 Å². The predicted octanol–water partition coefficient (Wildman–Crippen LogP) is 5.12. The molecule has 0 spiro atoms. The number of ketones is 1. The molecular weight excluding hydrogens is 406 g/mol. The Hall–Kier alpha value is -3.80. The lowest BCUT2D eigenvalue weighted by Crippen LogP contribution is -2.29. The van der Waals surface area contributed by atoms with Crippen LogP contribution in [0.5, 0.6) is 11.5 Å². The molecule has 6 nitrogen and oxygen atoms in total. The van der Waals surface area contributed by atoms with Crippen LogP contribution in [0.25, 0.3) is 0 Å². The molecule has 3 aromatic rings. The van der Waals surface area contributed by atoms with Gasteiger partial charge in [0.05, 0.1) is 12.7 Å². The molecule has 0 saturated carbocycles. The van der Waals surface area contributed by atoms with Gasteiger partial charge < -0.3 is 19.1 Å². The van der Waals surface area contributed by atoms with E-state index in [4.69, 9.17) is 14.2 Å². The molecule has 0 saturated heterocycles. The molecule has 0 heterocycles. The number of para-hydroxylation sites is 1. The highest BCUT2D eigenvalue weighted by atomic mass is 16.6. The highest BCUT2D eigenvalue weighted by molar-refractivity contribution is 5.99. The van der Waals surface area contributed by atoms with Crippen molar-refractivity contribution in [2.45, 2.75) is 19.6 Å². The summed E-state index contributed by atoms with van der Waals surface area (Å²) in [5.41, 5.74) is 2.31. The maximum absolute atomic E-state index is 12.9. The quantitative estimate of drug-likeness (QED) is 0.416. The molecule has 0 atom stereocenters. The topological polar surface area (TPSA) is 65.1 Å². The lowest BCUT2D eigenvalue weighted by molar-refractivity contribution is 0.0921. The Balaban J connectivity index is 1.59. The van der Waals surface area contributed by atoms with Gasteiger partial charge >= 0.3 is 6.09 Å². The zero-order valence-corrected chi connectivity index (χ0v) is 18.3. The molecule has 1 amide bonds. The minimum atomic E-state index is -0.479. The summed E-state index contributed by atoms with van der Waals surface area (Å²) in [6.45, 7) is 0.723. The highest BCUT2D eigenvalue weighted by Gasteiger charge is 2.19. The van der Waals surface area contributed by atoms with Crippen LogP contribution >= 0.6 is 0 Å². The lowest BCUT2D eigenvalue weighted by Gasteiger charge is -2.18. The van der Waals surface area contributed by atoms with Gasteiger partial charge in [0.2, 0.25) is 0 Å². The zero-order valence-electron chi connectivity index (χ0n) is 18.3. The van der Waals surface area contributed by atoms with Crippen molar-refractivity contribution in [3.63, 3.8) is 0 Å². The Morgan fingerprint density at radius 3 is 2.06 bits per heavy atom. The molecule has 0 aliphatic carbocycles. The van der Waals surface area contributed by atoms with Gasteiger partial charge in [-0.2, -0.15) is 0 Å². The van der Waals surface area contributed by atoms with Crippen LogP contribution in [0.3, 0.4) is 0 Å². The fourth-order valence-electron chi connectivity index (χ4n) is 3.10. The Kier molecular flexibility index (Phi) is 8.26. The third kappa shape index (κ3) is 6.35. The summed E-state index contributed by atoms with van der Waals surface area (Å²) in [4.78, 5) is 26.6. The number of rotatable bonds is 10. The molecule has 0 unspecified atom stereocenters. The summed E-state index contributed by atoms with van der Waals surface area (Å²) in [5.74, 6) is 0.746. The van der Waals surface area contributed by atoms with Gasteiger partial charge in [-0.05, 0) is 23.3 Å². The second-order valence-electron chi connectivity index (χ2n) is 7.25. The first kappa shape index (κ1) is 22.9. The Morgan fingerprint density at radius 1 is 0.812 bits per heavy atom. The highest BCUT2D eigenvalue weighted by Crippen LogP contribution is 2.32. The van der Waals surface area contributed by atoms with E-state index in [0.29, 0.717) is 23.7 Å². The summed E-state index contributed by atoms with van der Waals surface area (Å²) in [7, 11) is 3.15. The molecule has 0 N–H and O–H groups in total. The number of hydrogen-bond donors (Lipinski definition) is 0.